The number of rotatable bonds is 5. The van der Waals surface area contributed by atoms with E-state index in [0.717, 1.165) is 30.3 Å². The number of pyridine rings is 1. The molecule has 3 rings (SSSR count). The van der Waals surface area contributed by atoms with Crippen molar-refractivity contribution in [1.82, 2.24) is 10.3 Å². The molecular weight excluding hydrogens is 450 g/mol. The van der Waals surface area contributed by atoms with E-state index in [9.17, 15) is 39.6 Å². The second-order valence-corrected chi connectivity index (χ2v) is 9.40. The summed E-state index contributed by atoms with van der Waals surface area (Å²) in [5, 5.41) is 1.60. The predicted octanol–water partition coefficient (Wildman–Crippen LogP) is 4.10. The Balaban J connectivity index is 1.55. The first-order valence-electron chi connectivity index (χ1n) is 9.01. The van der Waals surface area contributed by atoms with E-state index in [1.807, 2.05) is 0 Å². The number of halogens is 6. The van der Waals surface area contributed by atoms with Crippen molar-refractivity contribution in [2.75, 3.05) is 6.54 Å². The SMILES string of the molecule is O=C(NC[C@H]1C[C@@H](S(=O)(=O)c2cccc(C(F)(F)F)c2)C1)c1ccc(C(F)(F)F)cn1. The minimum absolute atomic E-state index is 0.0656. The molecule has 1 fully saturated rings. The molecule has 2 aromatic rings. The van der Waals surface area contributed by atoms with Crippen LogP contribution >= 0.6 is 0 Å². The Morgan fingerprint density at radius 2 is 1.65 bits per heavy atom. The maximum absolute atomic E-state index is 12.8. The first-order chi connectivity index (χ1) is 14.3. The van der Waals surface area contributed by atoms with Gasteiger partial charge >= 0.3 is 12.4 Å². The topological polar surface area (TPSA) is 76.1 Å². The summed E-state index contributed by atoms with van der Waals surface area (Å²) in [6.07, 6.45) is -8.42. The van der Waals surface area contributed by atoms with Gasteiger partial charge in [0.1, 0.15) is 5.69 Å². The van der Waals surface area contributed by atoms with Gasteiger partial charge in [0.05, 0.1) is 21.3 Å². The maximum Gasteiger partial charge on any atom is 0.417 e. The van der Waals surface area contributed by atoms with Crippen LogP contribution in [-0.4, -0.2) is 31.1 Å². The molecule has 0 saturated heterocycles. The molecule has 1 amide bonds. The van der Waals surface area contributed by atoms with Crippen molar-refractivity contribution >= 4 is 15.7 Å². The lowest BCUT2D eigenvalue weighted by Gasteiger charge is -2.35. The zero-order chi connectivity index (χ0) is 23.0. The van der Waals surface area contributed by atoms with Crippen LogP contribution in [0.2, 0.25) is 0 Å². The molecule has 0 atom stereocenters. The van der Waals surface area contributed by atoms with Crippen molar-refractivity contribution in [3.05, 3.63) is 59.4 Å². The number of aromatic nitrogens is 1. The standard InChI is InChI=1S/C19H16F6N2O3S/c20-18(21,22)12-2-1-3-14(8-12)31(29,30)15-6-11(7-15)9-27-17(28)16-5-4-13(10-26-16)19(23,24)25/h1-5,8,10-11,15H,6-7,9H2,(H,27,28)/t11-,15+. The monoisotopic (exact) mass is 466 g/mol. The number of alkyl halides is 6. The molecule has 1 aliphatic rings. The Labute approximate surface area is 173 Å². The molecule has 0 aliphatic heterocycles. The van der Waals surface area contributed by atoms with Gasteiger partial charge in [-0.25, -0.2) is 8.42 Å². The van der Waals surface area contributed by atoms with Crippen molar-refractivity contribution in [1.29, 1.82) is 0 Å². The van der Waals surface area contributed by atoms with E-state index in [2.05, 4.69) is 10.3 Å². The van der Waals surface area contributed by atoms with Gasteiger partial charge in [0.15, 0.2) is 9.84 Å². The summed E-state index contributed by atoms with van der Waals surface area (Å²) in [5.74, 6) is -0.943. The molecule has 1 aliphatic carbocycles. The zero-order valence-corrected chi connectivity index (χ0v) is 16.5. The number of amides is 1. The van der Waals surface area contributed by atoms with E-state index in [1.165, 1.54) is 0 Å². The molecule has 1 aromatic heterocycles. The first-order valence-corrected chi connectivity index (χ1v) is 10.6. The molecule has 1 saturated carbocycles. The number of hydrogen-bond acceptors (Lipinski definition) is 4. The number of carbonyl (C=O) groups is 1. The molecule has 1 aromatic carbocycles. The molecule has 31 heavy (non-hydrogen) atoms. The van der Waals surface area contributed by atoms with E-state index in [1.54, 1.807) is 0 Å². The van der Waals surface area contributed by atoms with Gasteiger partial charge in [0, 0.05) is 12.7 Å². The highest BCUT2D eigenvalue weighted by Gasteiger charge is 2.40. The molecule has 0 bridgehead atoms. The van der Waals surface area contributed by atoms with E-state index in [0.29, 0.717) is 12.3 Å². The molecule has 168 valence electrons. The highest BCUT2D eigenvalue weighted by Crippen LogP contribution is 2.38. The smallest absolute Gasteiger partial charge is 0.350 e. The van der Waals surface area contributed by atoms with Crippen molar-refractivity contribution in [2.24, 2.45) is 5.92 Å². The zero-order valence-electron chi connectivity index (χ0n) is 15.7. The van der Waals surface area contributed by atoms with Crippen LogP contribution in [0.25, 0.3) is 0 Å². The molecule has 1 heterocycles. The Kier molecular flexibility index (Phi) is 6.05. The van der Waals surface area contributed by atoms with Crippen LogP contribution in [0.5, 0.6) is 0 Å². The van der Waals surface area contributed by atoms with Crippen molar-refractivity contribution in [3.8, 4) is 0 Å². The summed E-state index contributed by atoms with van der Waals surface area (Å²) in [4.78, 5) is 15.1. The number of nitrogens with one attached hydrogen (secondary N) is 1. The predicted molar refractivity (Wildman–Crippen MR) is 96.7 cm³/mol. The number of benzene rings is 1. The van der Waals surface area contributed by atoms with Gasteiger partial charge < -0.3 is 5.32 Å². The van der Waals surface area contributed by atoms with Gasteiger partial charge in [-0.15, -0.1) is 0 Å². The minimum atomic E-state index is -4.66. The van der Waals surface area contributed by atoms with E-state index >= 15 is 0 Å². The average Bonchev–Trinajstić information content (AvgIpc) is 2.65. The van der Waals surface area contributed by atoms with Gasteiger partial charge in [-0.3, -0.25) is 9.78 Å². The minimum Gasteiger partial charge on any atom is -0.350 e. The fourth-order valence-corrected chi connectivity index (χ4v) is 5.16. The Hall–Kier alpha value is -2.63. The highest BCUT2D eigenvalue weighted by molar-refractivity contribution is 7.92. The van der Waals surface area contributed by atoms with Crippen LogP contribution in [0, 0.1) is 5.92 Å². The van der Waals surface area contributed by atoms with E-state index in [-0.39, 0.29) is 31.0 Å². The molecule has 0 spiro atoms. The summed E-state index contributed by atoms with van der Waals surface area (Å²) in [7, 11) is -3.96. The molecule has 0 radical (unpaired) electrons. The lowest BCUT2D eigenvalue weighted by atomic mass is 9.85. The van der Waals surface area contributed by atoms with Gasteiger partial charge in [-0.1, -0.05) is 6.07 Å². The Morgan fingerprint density at radius 3 is 2.19 bits per heavy atom. The van der Waals surface area contributed by atoms with Crippen LogP contribution < -0.4 is 5.32 Å². The molecule has 12 heteroatoms. The van der Waals surface area contributed by atoms with Crippen LogP contribution in [0.1, 0.15) is 34.5 Å². The summed E-state index contributed by atoms with van der Waals surface area (Å²) in [5.41, 5.74) is -2.27. The summed E-state index contributed by atoms with van der Waals surface area (Å²) >= 11 is 0. The van der Waals surface area contributed by atoms with Gasteiger partial charge in [0.25, 0.3) is 5.91 Å². The third kappa shape index (κ3) is 5.17. The third-order valence-corrected chi connectivity index (χ3v) is 7.17. The molecule has 1 N–H and O–H groups in total. The molecular formula is C19H16F6N2O3S. The number of hydrogen-bond donors (Lipinski definition) is 1. The average molecular weight is 466 g/mol. The van der Waals surface area contributed by atoms with Gasteiger partial charge in [-0.05, 0) is 49.1 Å². The fourth-order valence-electron chi connectivity index (χ4n) is 3.16. The first kappa shape index (κ1) is 23.0. The van der Waals surface area contributed by atoms with Crippen molar-refractivity contribution in [2.45, 2.75) is 35.3 Å². The summed E-state index contributed by atoms with van der Waals surface area (Å²) < 4.78 is 101. The highest BCUT2D eigenvalue weighted by atomic mass is 32.2. The van der Waals surface area contributed by atoms with Crippen LogP contribution in [0.15, 0.2) is 47.5 Å². The van der Waals surface area contributed by atoms with E-state index < -0.39 is 49.4 Å². The third-order valence-electron chi connectivity index (χ3n) is 5.00. The summed E-state index contributed by atoms with van der Waals surface area (Å²) in [6, 6.07) is 5.18. The van der Waals surface area contributed by atoms with Crippen LogP contribution in [0.3, 0.4) is 0 Å². The number of nitrogens with zero attached hydrogens (tertiary/aromatic N) is 1. The van der Waals surface area contributed by atoms with Gasteiger partial charge in [-0.2, -0.15) is 26.3 Å². The summed E-state index contributed by atoms with van der Waals surface area (Å²) in [6.45, 7) is 0.0656. The number of carbonyl (C=O) groups excluding carboxylic acids is 1. The van der Waals surface area contributed by atoms with Crippen LogP contribution in [0.4, 0.5) is 26.3 Å². The lowest BCUT2D eigenvalue weighted by molar-refractivity contribution is -0.138. The molecule has 0 unspecified atom stereocenters. The fraction of sp³-hybridized carbons (Fsp3) is 0.368. The largest absolute Gasteiger partial charge is 0.417 e. The van der Waals surface area contributed by atoms with E-state index in [4.69, 9.17) is 0 Å². The maximum atomic E-state index is 12.8. The van der Waals surface area contributed by atoms with Crippen LogP contribution in [-0.2, 0) is 22.2 Å². The normalized spacial score (nSPS) is 19.5. The molecule has 5 nitrogen and oxygen atoms in total. The number of sulfone groups is 1. The van der Waals surface area contributed by atoms with Crippen molar-refractivity contribution < 1.29 is 39.6 Å². The van der Waals surface area contributed by atoms with Gasteiger partial charge in [0.2, 0.25) is 0 Å². The Bertz CT molecular complexity index is 1060. The lowest BCUT2D eigenvalue weighted by Crippen LogP contribution is -2.42. The quantitative estimate of drug-likeness (QED) is 0.674. The Morgan fingerprint density at radius 1 is 1.00 bits per heavy atom. The van der Waals surface area contributed by atoms with Crippen molar-refractivity contribution in [3.63, 3.8) is 0 Å². The second kappa shape index (κ2) is 8.13. The second-order valence-electron chi connectivity index (χ2n) is 7.17.